The largest absolute Gasteiger partial charge is 0.444 e. The second kappa shape index (κ2) is 6.57. The van der Waals surface area contributed by atoms with Crippen molar-refractivity contribution in [1.29, 1.82) is 0 Å². The third kappa shape index (κ3) is 6.25. The summed E-state index contributed by atoms with van der Waals surface area (Å²) in [6.07, 6.45) is -0.493. The number of benzene rings is 1. The van der Waals surface area contributed by atoms with Crippen molar-refractivity contribution in [2.24, 2.45) is 0 Å². The zero-order valence-corrected chi connectivity index (χ0v) is 12.1. The highest BCUT2D eigenvalue weighted by molar-refractivity contribution is 5.67. The van der Waals surface area contributed by atoms with Crippen LogP contribution in [0.15, 0.2) is 30.3 Å². The van der Waals surface area contributed by atoms with Gasteiger partial charge in [-0.2, -0.15) is 0 Å². The molecule has 0 aliphatic rings. The third-order valence-electron chi connectivity index (χ3n) is 2.50. The van der Waals surface area contributed by atoms with Gasteiger partial charge in [0.15, 0.2) is 0 Å². The standard InChI is InChI=1S/C15H23NO3/c1-15(2,3)19-14(18)16(4)11-13(17)10-12-8-6-5-7-9-12/h5-9,13,17H,10-11H2,1-4H3/t13-/m0/s1. The Hall–Kier alpha value is -1.55. The summed E-state index contributed by atoms with van der Waals surface area (Å²) in [5.74, 6) is 0. The Balaban J connectivity index is 2.44. The normalized spacial score (nSPS) is 12.9. The molecule has 0 unspecified atom stereocenters. The van der Waals surface area contributed by atoms with E-state index in [-0.39, 0.29) is 6.54 Å². The molecule has 0 aliphatic heterocycles. The van der Waals surface area contributed by atoms with E-state index in [4.69, 9.17) is 4.74 Å². The summed E-state index contributed by atoms with van der Waals surface area (Å²) < 4.78 is 5.23. The lowest BCUT2D eigenvalue weighted by atomic mass is 10.1. The Kier molecular flexibility index (Phi) is 5.36. The zero-order chi connectivity index (χ0) is 14.5. The maximum atomic E-state index is 11.7. The van der Waals surface area contributed by atoms with Crippen molar-refractivity contribution in [2.75, 3.05) is 13.6 Å². The van der Waals surface area contributed by atoms with Crippen LogP contribution in [0.4, 0.5) is 4.79 Å². The maximum Gasteiger partial charge on any atom is 0.410 e. The second-order valence-electron chi connectivity index (χ2n) is 5.70. The van der Waals surface area contributed by atoms with Gasteiger partial charge in [-0.05, 0) is 26.3 Å². The third-order valence-corrected chi connectivity index (χ3v) is 2.50. The van der Waals surface area contributed by atoms with Crippen LogP contribution in [0.2, 0.25) is 0 Å². The van der Waals surface area contributed by atoms with E-state index in [1.807, 2.05) is 51.1 Å². The first-order valence-electron chi connectivity index (χ1n) is 6.44. The zero-order valence-electron chi connectivity index (χ0n) is 12.1. The van der Waals surface area contributed by atoms with Crippen molar-refractivity contribution in [2.45, 2.75) is 38.9 Å². The van der Waals surface area contributed by atoms with Gasteiger partial charge in [0.05, 0.1) is 6.10 Å². The lowest BCUT2D eigenvalue weighted by Crippen LogP contribution is -2.39. The Bertz CT molecular complexity index is 398. The molecule has 0 saturated heterocycles. The lowest BCUT2D eigenvalue weighted by Gasteiger charge is -2.26. The van der Waals surface area contributed by atoms with Crippen LogP contribution in [0.1, 0.15) is 26.3 Å². The highest BCUT2D eigenvalue weighted by Gasteiger charge is 2.21. The van der Waals surface area contributed by atoms with Gasteiger partial charge in [-0.1, -0.05) is 30.3 Å². The number of likely N-dealkylation sites (N-methyl/N-ethyl adjacent to an activating group) is 1. The van der Waals surface area contributed by atoms with Gasteiger partial charge >= 0.3 is 6.09 Å². The number of hydrogen-bond donors (Lipinski definition) is 1. The second-order valence-corrected chi connectivity index (χ2v) is 5.70. The number of aliphatic hydroxyl groups is 1. The number of ether oxygens (including phenoxy) is 1. The topological polar surface area (TPSA) is 49.8 Å². The van der Waals surface area contributed by atoms with Gasteiger partial charge in [-0.15, -0.1) is 0 Å². The van der Waals surface area contributed by atoms with Crippen molar-refractivity contribution in [3.05, 3.63) is 35.9 Å². The Labute approximate surface area is 115 Å². The molecule has 0 bridgehead atoms. The predicted octanol–water partition coefficient (Wildman–Crippen LogP) is 2.46. The molecule has 0 saturated carbocycles. The predicted molar refractivity (Wildman–Crippen MR) is 75.0 cm³/mol. The van der Waals surface area contributed by atoms with Gasteiger partial charge in [0.25, 0.3) is 0 Å². The molecule has 1 rings (SSSR count). The van der Waals surface area contributed by atoms with E-state index in [0.29, 0.717) is 6.42 Å². The average molecular weight is 265 g/mol. The van der Waals surface area contributed by atoms with Crippen molar-refractivity contribution in [3.63, 3.8) is 0 Å². The van der Waals surface area contributed by atoms with Crippen LogP contribution in [0.3, 0.4) is 0 Å². The van der Waals surface area contributed by atoms with E-state index < -0.39 is 17.8 Å². The molecule has 1 atom stereocenters. The van der Waals surface area contributed by atoms with Gasteiger partial charge in [-0.25, -0.2) is 4.79 Å². The molecule has 0 aromatic heterocycles. The fraction of sp³-hybridized carbons (Fsp3) is 0.533. The number of carbonyl (C=O) groups is 1. The first kappa shape index (κ1) is 15.5. The number of amides is 1. The summed E-state index contributed by atoms with van der Waals surface area (Å²) in [6.45, 7) is 5.71. The van der Waals surface area contributed by atoms with Crippen LogP contribution in [-0.4, -0.2) is 41.4 Å². The summed E-state index contributed by atoms with van der Waals surface area (Å²) in [5, 5.41) is 9.97. The number of carbonyl (C=O) groups excluding carboxylic acids is 1. The van der Waals surface area contributed by atoms with Crippen LogP contribution in [-0.2, 0) is 11.2 Å². The number of rotatable bonds is 4. The molecular weight excluding hydrogens is 242 g/mol. The SMILES string of the molecule is CN(C[C@@H](O)Cc1ccccc1)C(=O)OC(C)(C)C. The molecular formula is C15H23NO3. The molecule has 0 heterocycles. The van der Waals surface area contributed by atoms with Gasteiger partial charge in [0.1, 0.15) is 5.60 Å². The van der Waals surface area contributed by atoms with Gasteiger partial charge < -0.3 is 14.7 Å². The van der Waals surface area contributed by atoms with Gasteiger partial charge in [-0.3, -0.25) is 0 Å². The van der Waals surface area contributed by atoms with E-state index >= 15 is 0 Å². The molecule has 1 N–H and O–H groups in total. The van der Waals surface area contributed by atoms with Crippen molar-refractivity contribution in [3.8, 4) is 0 Å². The first-order chi connectivity index (χ1) is 8.78. The highest BCUT2D eigenvalue weighted by atomic mass is 16.6. The molecule has 106 valence electrons. The molecule has 1 aromatic rings. The maximum absolute atomic E-state index is 11.7. The van der Waals surface area contributed by atoms with Gasteiger partial charge in [0, 0.05) is 20.0 Å². The Morgan fingerprint density at radius 3 is 2.42 bits per heavy atom. The average Bonchev–Trinajstić information content (AvgIpc) is 2.27. The molecule has 1 aromatic carbocycles. The summed E-state index contributed by atoms with van der Waals surface area (Å²) in [6, 6.07) is 9.70. The van der Waals surface area contributed by atoms with Crippen LogP contribution < -0.4 is 0 Å². The van der Waals surface area contributed by atoms with E-state index in [1.54, 1.807) is 7.05 Å². The Morgan fingerprint density at radius 1 is 1.32 bits per heavy atom. The minimum Gasteiger partial charge on any atom is -0.444 e. The van der Waals surface area contributed by atoms with Crippen molar-refractivity contribution in [1.82, 2.24) is 4.90 Å². The number of hydrogen-bond acceptors (Lipinski definition) is 3. The number of aliphatic hydroxyl groups excluding tert-OH is 1. The Morgan fingerprint density at radius 2 is 1.89 bits per heavy atom. The highest BCUT2D eigenvalue weighted by Crippen LogP contribution is 2.10. The summed E-state index contributed by atoms with van der Waals surface area (Å²) in [5.41, 5.74) is 0.531. The lowest BCUT2D eigenvalue weighted by molar-refractivity contribution is 0.0207. The van der Waals surface area contributed by atoms with Crippen molar-refractivity contribution >= 4 is 6.09 Å². The molecule has 4 nitrogen and oxygen atoms in total. The molecule has 0 aliphatic carbocycles. The van der Waals surface area contributed by atoms with Crippen molar-refractivity contribution < 1.29 is 14.6 Å². The minimum absolute atomic E-state index is 0.254. The quantitative estimate of drug-likeness (QED) is 0.909. The molecule has 0 radical (unpaired) electrons. The molecule has 0 fully saturated rings. The van der Waals surface area contributed by atoms with E-state index in [2.05, 4.69) is 0 Å². The first-order valence-corrected chi connectivity index (χ1v) is 6.44. The monoisotopic (exact) mass is 265 g/mol. The van der Waals surface area contributed by atoms with E-state index in [9.17, 15) is 9.90 Å². The fourth-order valence-corrected chi connectivity index (χ4v) is 1.68. The van der Waals surface area contributed by atoms with Crippen LogP contribution >= 0.6 is 0 Å². The molecule has 19 heavy (non-hydrogen) atoms. The summed E-state index contributed by atoms with van der Waals surface area (Å²) in [7, 11) is 1.63. The summed E-state index contributed by atoms with van der Waals surface area (Å²) >= 11 is 0. The van der Waals surface area contributed by atoms with Crippen LogP contribution in [0, 0.1) is 0 Å². The van der Waals surface area contributed by atoms with Gasteiger partial charge in [0.2, 0.25) is 0 Å². The molecule has 4 heteroatoms. The van der Waals surface area contributed by atoms with E-state index in [1.165, 1.54) is 4.90 Å². The van der Waals surface area contributed by atoms with Crippen LogP contribution in [0.25, 0.3) is 0 Å². The minimum atomic E-state index is -0.597. The fourth-order valence-electron chi connectivity index (χ4n) is 1.68. The van der Waals surface area contributed by atoms with Crippen LogP contribution in [0.5, 0.6) is 0 Å². The molecule has 0 spiro atoms. The molecule has 1 amide bonds. The summed E-state index contributed by atoms with van der Waals surface area (Å²) in [4.78, 5) is 13.1. The van der Waals surface area contributed by atoms with E-state index in [0.717, 1.165) is 5.56 Å². The number of nitrogens with zero attached hydrogens (tertiary/aromatic N) is 1. The smallest absolute Gasteiger partial charge is 0.410 e.